The molecule has 10 heteroatoms. The molecule has 3 aromatic rings. The van der Waals surface area contributed by atoms with E-state index in [1.54, 1.807) is 23.1 Å². The lowest BCUT2D eigenvalue weighted by molar-refractivity contribution is -0.119. The number of rotatable bonds is 6. The van der Waals surface area contributed by atoms with Gasteiger partial charge in [-0.25, -0.2) is 9.50 Å². The van der Waals surface area contributed by atoms with Gasteiger partial charge in [-0.05, 0) is 45.6 Å². The number of pyridine rings is 1. The molecule has 10 nitrogen and oxygen atoms in total. The Kier molecular flexibility index (Phi) is 6.72. The van der Waals surface area contributed by atoms with Crippen LogP contribution in [0.2, 0.25) is 0 Å². The first-order valence-corrected chi connectivity index (χ1v) is 11.4. The van der Waals surface area contributed by atoms with Gasteiger partial charge < -0.3 is 16.0 Å². The van der Waals surface area contributed by atoms with Crippen molar-refractivity contribution in [2.75, 3.05) is 5.32 Å². The van der Waals surface area contributed by atoms with Crippen LogP contribution in [0.5, 0.6) is 0 Å². The monoisotopic (exact) mass is 460 g/mol. The third-order valence-electron chi connectivity index (χ3n) is 5.82. The molecule has 3 heterocycles. The van der Waals surface area contributed by atoms with E-state index in [9.17, 15) is 9.59 Å². The Morgan fingerprint density at radius 3 is 2.44 bits per heavy atom. The van der Waals surface area contributed by atoms with E-state index in [2.05, 4.69) is 37.1 Å². The highest BCUT2D eigenvalue weighted by atomic mass is 16.2. The van der Waals surface area contributed by atoms with E-state index in [1.807, 2.05) is 19.9 Å². The van der Waals surface area contributed by atoms with Crippen LogP contribution in [0.15, 0.2) is 30.9 Å². The highest BCUT2D eigenvalue weighted by Gasteiger charge is 2.25. The summed E-state index contributed by atoms with van der Waals surface area (Å²) in [4.78, 5) is 33.3. The van der Waals surface area contributed by atoms with Gasteiger partial charge in [0, 0.05) is 37.4 Å². The van der Waals surface area contributed by atoms with Gasteiger partial charge in [-0.3, -0.25) is 14.6 Å². The molecule has 0 bridgehead atoms. The molecule has 4 rings (SSSR count). The molecular weight excluding hydrogens is 432 g/mol. The smallest absolute Gasteiger partial charge is 0.255 e. The highest BCUT2D eigenvalue weighted by molar-refractivity contribution is 6.00. The zero-order valence-electron chi connectivity index (χ0n) is 19.5. The first kappa shape index (κ1) is 23.2. The number of nitriles is 1. The standard InChI is InChI=1S/C24H28N8O2/c1-14(2)29-22-8-21(19-12-28-32-13-16(9-25)10-27-23(19)32)26-11-20(22)24(34)31-18-6-4-17(5-7-18)30-15(3)33/h8,10-14,17-18H,4-7H2,1-3H3,(H,26,29)(H,30,33)(H,31,34)/t17-,18-. The van der Waals surface area contributed by atoms with Gasteiger partial charge in [-0.1, -0.05) is 0 Å². The number of nitrogens with zero attached hydrogens (tertiary/aromatic N) is 5. The SMILES string of the molecule is CC(=O)N[C@H]1CC[C@H](NC(=O)c2cnc(-c3cnn4cc(C#N)cnc34)cc2NC(C)C)CC1. The van der Waals surface area contributed by atoms with Gasteiger partial charge in [-0.15, -0.1) is 0 Å². The number of anilines is 1. The summed E-state index contributed by atoms with van der Waals surface area (Å²) in [5.41, 5.74) is 3.47. The average molecular weight is 461 g/mol. The number of amides is 2. The van der Waals surface area contributed by atoms with Crippen molar-refractivity contribution < 1.29 is 9.59 Å². The fourth-order valence-electron chi connectivity index (χ4n) is 4.26. The van der Waals surface area contributed by atoms with Gasteiger partial charge >= 0.3 is 0 Å². The van der Waals surface area contributed by atoms with Crippen LogP contribution in [-0.4, -0.2) is 49.5 Å². The predicted octanol–water partition coefficient (Wildman–Crippen LogP) is 2.66. The summed E-state index contributed by atoms with van der Waals surface area (Å²) < 4.78 is 1.54. The summed E-state index contributed by atoms with van der Waals surface area (Å²) in [5, 5.41) is 22.8. The maximum absolute atomic E-state index is 13.1. The van der Waals surface area contributed by atoms with Crippen molar-refractivity contribution in [1.29, 1.82) is 5.26 Å². The number of nitrogens with one attached hydrogen (secondary N) is 3. The van der Waals surface area contributed by atoms with Crippen molar-refractivity contribution in [3.8, 4) is 17.3 Å². The van der Waals surface area contributed by atoms with Crippen LogP contribution in [0.25, 0.3) is 16.9 Å². The van der Waals surface area contributed by atoms with Crippen LogP contribution in [0.4, 0.5) is 5.69 Å². The van der Waals surface area contributed by atoms with Gasteiger partial charge in [-0.2, -0.15) is 10.4 Å². The molecule has 0 radical (unpaired) electrons. The third-order valence-corrected chi connectivity index (χ3v) is 5.82. The second-order valence-corrected chi connectivity index (χ2v) is 8.92. The minimum Gasteiger partial charge on any atom is -0.382 e. The van der Waals surface area contributed by atoms with E-state index in [-0.39, 0.29) is 29.9 Å². The maximum atomic E-state index is 13.1. The largest absolute Gasteiger partial charge is 0.382 e. The minimum absolute atomic E-state index is 0.0186. The predicted molar refractivity (Wildman–Crippen MR) is 127 cm³/mol. The van der Waals surface area contributed by atoms with Gasteiger partial charge in [0.1, 0.15) is 6.07 Å². The van der Waals surface area contributed by atoms with E-state index >= 15 is 0 Å². The molecule has 1 aliphatic rings. The molecular formula is C24H28N8O2. The number of carbonyl (C=O) groups excluding carboxylic acids is 2. The van der Waals surface area contributed by atoms with Crippen LogP contribution < -0.4 is 16.0 Å². The van der Waals surface area contributed by atoms with Crippen LogP contribution in [-0.2, 0) is 4.79 Å². The van der Waals surface area contributed by atoms with Crippen molar-refractivity contribution >= 4 is 23.1 Å². The van der Waals surface area contributed by atoms with Crippen molar-refractivity contribution in [2.24, 2.45) is 0 Å². The zero-order chi connectivity index (χ0) is 24.2. The van der Waals surface area contributed by atoms with Crippen LogP contribution in [0, 0.1) is 11.3 Å². The van der Waals surface area contributed by atoms with Gasteiger partial charge in [0.15, 0.2) is 5.65 Å². The topological polar surface area (TPSA) is 137 Å². The maximum Gasteiger partial charge on any atom is 0.255 e. The third kappa shape index (κ3) is 5.14. The molecule has 34 heavy (non-hydrogen) atoms. The first-order chi connectivity index (χ1) is 16.3. The molecule has 2 amide bonds. The Morgan fingerprint density at radius 1 is 1.09 bits per heavy atom. The minimum atomic E-state index is -0.179. The molecule has 0 atom stereocenters. The van der Waals surface area contributed by atoms with Crippen molar-refractivity contribution in [3.63, 3.8) is 0 Å². The Morgan fingerprint density at radius 2 is 1.79 bits per heavy atom. The van der Waals surface area contributed by atoms with E-state index in [0.29, 0.717) is 33.7 Å². The van der Waals surface area contributed by atoms with Gasteiger partial charge in [0.25, 0.3) is 5.91 Å². The van der Waals surface area contributed by atoms with Crippen LogP contribution in [0.3, 0.4) is 0 Å². The average Bonchev–Trinajstić information content (AvgIpc) is 3.22. The second kappa shape index (κ2) is 9.87. The molecule has 3 aromatic heterocycles. The number of aromatic nitrogens is 4. The lowest BCUT2D eigenvalue weighted by Gasteiger charge is -2.29. The Balaban J connectivity index is 1.55. The molecule has 0 saturated heterocycles. The Hall–Kier alpha value is -4.00. The van der Waals surface area contributed by atoms with Crippen molar-refractivity contribution in [1.82, 2.24) is 30.2 Å². The first-order valence-electron chi connectivity index (χ1n) is 11.4. The van der Waals surface area contributed by atoms with Crippen molar-refractivity contribution in [2.45, 2.75) is 64.6 Å². The molecule has 0 spiro atoms. The molecule has 0 aliphatic heterocycles. The Labute approximate surface area is 197 Å². The quantitative estimate of drug-likeness (QED) is 0.514. The molecule has 0 unspecified atom stereocenters. The van der Waals surface area contributed by atoms with E-state index < -0.39 is 0 Å². The molecule has 176 valence electrons. The summed E-state index contributed by atoms with van der Waals surface area (Å²) in [5.74, 6) is -0.197. The van der Waals surface area contributed by atoms with Crippen LogP contribution >= 0.6 is 0 Å². The summed E-state index contributed by atoms with van der Waals surface area (Å²) in [6.07, 6.45) is 9.64. The number of carbonyl (C=O) groups is 2. The summed E-state index contributed by atoms with van der Waals surface area (Å²) in [7, 11) is 0. The molecule has 1 saturated carbocycles. The lowest BCUT2D eigenvalue weighted by Crippen LogP contribution is -2.43. The second-order valence-electron chi connectivity index (χ2n) is 8.92. The summed E-state index contributed by atoms with van der Waals surface area (Å²) >= 11 is 0. The normalized spacial score (nSPS) is 17.9. The number of fused-ring (bicyclic) bond motifs is 1. The number of hydrogen-bond acceptors (Lipinski definition) is 7. The van der Waals surface area contributed by atoms with Gasteiger partial charge in [0.05, 0.1) is 40.5 Å². The summed E-state index contributed by atoms with van der Waals surface area (Å²) in [6, 6.07) is 4.22. The fraction of sp³-hybridized carbons (Fsp3) is 0.417. The highest BCUT2D eigenvalue weighted by Crippen LogP contribution is 2.27. The van der Waals surface area contributed by atoms with E-state index in [4.69, 9.17) is 5.26 Å². The molecule has 1 fully saturated rings. The van der Waals surface area contributed by atoms with Crippen LogP contribution in [0.1, 0.15) is 62.4 Å². The van der Waals surface area contributed by atoms with E-state index in [0.717, 1.165) is 25.7 Å². The zero-order valence-corrected chi connectivity index (χ0v) is 19.5. The Bertz CT molecular complexity index is 1250. The number of hydrogen-bond donors (Lipinski definition) is 3. The molecule has 1 aliphatic carbocycles. The van der Waals surface area contributed by atoms with Crippen molar-refractivity contribution in [3.05, 3.63) is 42.0 Å². The van der Waals surface area contributed by atoms with Gasteiger partial charge in [0.2, 0.25) is 5.91 Å². The molecule has 0 aromatic carbocycles. The molecule has 3 N–H and O–H groups in total. The summed E-state index contributed by atoms with van der Waals surface area (Å²) in [6.45, 7) is 5.54. The fourth-order valence-corrected chi connectivity index (χ4v) is 4.26. The lowest BCUT2D eigenvalue weighted by atomic mass is 9.91. The van der Waals surface area contributed by atoms with E-state index in [1.165, 1.54) is 13.1 Å².